The van der Waals surface area contributed by atoms with Crippen LogP contribution in [0.25, 0.3) is 0 Å². The molecule has 148 valence electrons. The number of carbonyl (C=O) groups is 2. The van der Waals surface area contributed by atoms with E-state index in [1.54, 1.807) is 0 Å². The van der Waals surface area contributed by atoms with Gasteiger partial charge in [-0.3, -0.25) is 9.69 Å². The van der Waals surface area contributed by atoms with Gasteiger partial charge in [0.25, 0.3) is 0 Å². The SMILES string of the molecule is CS(=O)(=O)NCCC(Sc1nn[nH]n1)C1=C(C(=O)O)N2C(=O)[C@@H](N)[C@@H]2SC1. The van der Waals surface area contributed by atoms with Gasteiger partial charge in [0.15, 0.2) is 0 Å². The number of tetrazole rings is 1. The molecule has 1 unspecified atom stereocenters. The van der Waals surface area contributed by atoms with E-state index >= 15 is 0 Å². The molecule has 3 heterocycles. The number of H-pyrrole nitrogens is 1. The Bertz CT molecular complexity index is 872. The molecule has 15 heteroatoms. The van der Waals surface area contributed by atoms with E-state index in [1.165, 1.54) is 16.7 Å². The third-order valence-electron chi connectivity index (χ3n) is 3.97. The fraction of sp³-hybridized carbons (Fsp3) is 0.583. The third-order valence-corrected chi connectivity index (χ3v) is 7.21. The van der Waals surface area contributed by atoms with Crippen molar-refractivity contribution < 1.29 is 23.1 Å². The predicted molar refractivity (Wildman–Crippen MR) is 97.0 cm³/mol. The summed E-state index contributed by atoms with van der Waals surface area (Å²) in [4.78, 5) is 25.2. The van der Waals surface area contributed by atoms with E-state index in [4.69, 9.17) is 5.73 Å². The summed E-state index contributed by atoms with van der Waals surface area (Å²) in [6.07, 6.45) is 1.31. The summed E-state index contributed by atoms with van der Waals surface area (Å²) in [7, 11) is -3.39. The van der Waals surface area contributed by atoms with Gasteiger partial charge in [-0.1, -0.05) is 11.8 Å². The van der Waals surface area contributed by atoms with E-state index in [2.05, 4.69) is 25.3 Å². The zero-order chi connectivity index (χ0) is 19.8. The van der Waals surface area contributed by atoms with E-state index < -0.39 is 38.6 Å². The first-order chi connectivity index (χ1) is 12.7. The van der Waals surface area contributed by atoms with Crippen LogP contribution in [0.15, 0.2) is 16.4 Å². The molecule has 0 aliphatic carbocycles. The first kappa shape index (κ1) is 20.1. The lowest BCUT2D eigenvalue weighted by Crippen LogP contribution is -2.68. The van der Waals surface area contributed by atoms with Gasteiger partial charge in [-0.25, -0.2) is 17.9 Å². The minimum atomic E-state index is -3.39. The summed E-state index contributed by atoms with van der Waals surface area (Å²) in [6, 6.07) is -0.721. The zero-order valence-electron chi connectivity index (χ0n) is 14.0. The normalized spacial score (nSPS) is 23.8. The Morgan fingerprint density at radius 2 is 2.33 bits per heavy atom. The smallest absolute Gasteiger partial charge is 0.352 e. The Morgan fingerprint density at radius 3 is 2.93 bits per heavy atom. The zero-order valence-corrected chi connectivity index (χ0v) is 16.5. The van der Waals surface area contributed by atoms with Crippen molar-refractivity contribution in [1.29, 1.82) is 0 Å². The standard InChI is InChI=1S/C12H17N7O5S3/c1-27(23,24)14-3-2-6(26-12-15-17-18-16-12)5-4-25-10-7(13)9(20)19(10)8(5)11(21)22/h6-7,10,14H,2-4,13H2,1H3,(H,21,22)(H,15,16,17,18)/t6?,7-,10+/m1/s1. The molecular formula is C12H17N7O5S3. The second-order valence-corrected chi connectivity index (χ2v) is 9.98. The number of aromatic amines is 1. The Kier molecular flexibility index (Phi) is 5.76. The van der Waals surface area contributed by atoms with Crippen LogP contribution in [-0.2, 0) is 19.6 Å². The van der Waals surface area contributed by atoms with Gasteiger partial charge < -0.3 is 10.8 Å². The molecule has 1 saturated heterocycles. The van der Waals surface area contributed by atoms with E-state index in [-0.39, 0.29) is 23.8 Å². The van der Waals surface area contributed by atoms with Crippen molar-refractivity contribution in [3.8, 4) is 0 Å². The Hall–Kier alpha value is -1.68. The van der Waals surface area contributed by atoms with Gasteiger partial charge in [-0.05, 0) is 17.2 Å². The summed E-state index contributed by atoms with van der Waals surface area (Å²) in [6.45, 7) is 0.0896. The maximum absolute atomic E-state index is 12.1. The number of nitrogens with zero attached hydrogens (tertiary/aromatic N) is 4. The van der Waals surface area contributed by atoms with Gasteiger partial charge in [0, 0.05) is 17.5 Å². The number of hydrogen-bond donors (Lipinski definition) is 4. The third kappa shape index (κ3) is 4.26. The van der Waals surface area contributed by atoms with E-state index in [1.807, 2.05) is 0 Å². The fourth-order valence-corrected chi connectivity index (χ4v) is 5.77. The molecule has 3 atom stereocenters. The number of carbonyl (C=O) groups excluding carboxylic acids is 1. The van der Waals surface area contributed by atoms with E-state index in [0.29, 0.717) is 11.3 Å². The maximum Gasteiger partial charge on any atom is 0.352 e. The molecule has 0 saturated carbocycles. The molecule has 3 rings (SSSR count). The summed E-state index contributed by atoms with van der Waals surface area (Å²) in [5.74, 6) is -1.33. The molecule has 1 amide bonds. The number of aliphatic carboxylic acids is 1. The highest BCUT2D eigenvalue weighted by atomic mass is 32.2. The molecular weight excluding hydrogens is 418 g/mol. The van der Waals surface area contributed by atoms with Crippen LogP contribution >= 0.6 is 23.5 Å². The van der Waals surface area contributed by atoms with Crippen molar-refractivity contribution in [2.45, 2.75) is 28.2 Å². The molecule has 5 N–H and O–H groups in total. The monoisotopic (exact) mass is 435 g/mol. The second kappa shape index (κ2) is 7.75. The van der Waals surface area contributed by atoms with Gasteiger partial charge in [0.2, 0.25) is 21.1 Å². The summed E-state index contributed by atoms with van der Waals surface area (Å²) >= 11 is 2.53. The second-order valence-electron chi connectivity index (χ2n) is 5.87. The highest BCUT2D eigenvalue weighted by Crippen LogP contribution is 2.43. The predicted octanol–water partition coefficient (Wildman–Crippen LogP) is -1.82. The van der Waals surface area contributed by atoms with Gasteiger partial charge in [-0.15, -0.1) is 22.0 Å². The first-order valence-corrected chi connectivity index (χ1v) is 11.5. The highest BCUT2D eigenvalue weighted by Gasteiger charge is 2.52. The number of hydrogen-bond acceptors (Lipinski definition) is 10. The van der Waals surface area contributed by atoms with Crippen LogP contribution in [0, 0.1) is 0 Å². The van der Waals surface area contributed by atoms with Crippen molar-refractivity contribution in [3.05, 3.63) is 11.3 Å². The fourth-order valence-electron chi connectivity index (χ4n) is 2.80. The minimum absolute atomic E-state index is 0.0896. The van der Waals surface area contributed by atoms with Crippen molar-refractivity contribution in [2.24, 2.45) is 5.73 Å². The molecule has 1 aromatic heterocycles. The number of aromatic nitrogens is 4. The van der Waals surface area contributed by atoms with Gasteiger partial charge in [0.05, 0.1) is 6.26 Å². The van der Waals surface area contributed by atoms with Crippen LogP contribution in [0.2, 0.25) is 0 Å². The number of amides is 1. The van der Waals surface area contributed by atoms with Crippen LogP contribution in [0.5, 0.6) is 0 Å². The highest BCUT2D eigenvalue weighted by molar-refractivity contribution is 8.01. The van der Waals surface area contributed by atoms with E-state index in [0.717, 1.165) is 18.0 Å². The quantitative estimate of drug-likeness (QED) is 0.266. The number of nitrogens with one attached hydrogen (secondary N) is 2. The Morgan fingerprint density at radius 1 is 1.59 bits per heavy atom. The molecule has 1 aromatic rings. The number of sulfonamides is 1. The van der Waals surface area contributed by atoms with Crippen LogP contribution < -0.4 is 10.5 Å². The molecule has 27 heavy (non-hydrogen) atoms. The maximum atomic E-state index is 12.1. The number of rotatable bonds is 8. The van der Waals surface area contributed by atoms with Crippen molar-refractivity contribution in [3.63, 3.8) is 0 Å². The molecule has 2 aliphatic rings. The molecule has 0 aromatic carbocycles. The number of carboxylic acids is 1. The summed E-state index contributed by atoms with van der Waals surface area (Å²) in [5, 5.41) is 22.6. The van der Waals surface area contributed by atoms with Gasteiger partial charge >= 0.3 is 5.97 Å². The number of nitrogens with two attached hydrogens (primary N) is 1. The lowest BCUT2D eigenvalue weighted by atomic mass is 10.0. The molecule has 0 bridgehead atoms. The van der Waals surface area contributed by atoms with Crippen LogP contribution in [0.3, 0.4) is 0 Å². The minimum Gasteiger partial charge on any atom is -0.477 e. The molecule has 2 aliphatic heterocycles. The summed E-state index contributed by atoms with van der Waals surface area (Å²) < 4.78 is 25.0. The number of β-lactam (4-membered cyclic amide) rings is 1. The number of carboxylic acid groups (broad SMARTS) is 1. The van der Waals surface area contributed by atoms with Gasteiger partial charge in [0.1, 0.15) is 17.1 Å². The Balaban J connectivity index is 1.90. The molecule has 1 fully saturated rings. The van der Waals surface area contributed by atoms with Crippen LogP contribution in [0.4, 0.5) is 0 Å². The topological polar surface area (TPSA) is 184 Å². The Labute approximate surface area is 162 Å². The lowest BCUT2D eigenvalue weighted by molar-refractivity contribution is -0.148. The average Bonchev–Trinajstić information content (AvgIpc) is 3.10. The number of thioether (sulfide) groups is 2. The molecule has 12 nitrogen and oxygen atoms in total. The van der Waals surface area contributed by atoms with Crippen molar-refractivity contribution in [1.82, 2.24) is 30.2 Å². The van der Waals surface area contributed by atoms with Crippen molar-refractivity contribution in [2.75, 3.05) is 18.6 Å². The van der Waals surface area contributed by atoms with Crippen LogP contribution in [0.1, 0.15) is 6.42 Å². The number of fused-ring (bicyclic) bond motifs is 1. The average molecular weight is 436 g/mol. The summed E-state index contributed by atoms with van der Waals surface area (Å²) in [5.41, 5.74) is 6.15. The van der Waals surface area contributed by atoms with Gasteiger partial charge in [-0.2, -0.15) is 5.21 Å². The largest absolute Gasteiger partial charge is 0.477 e. The van der Waals surface area contributed by atoms with E-state index in [9.17, 15) is 23.1 Å². The van der Waals surface area contributed by atoms with Crippen molar-refractivity contribution >= 4 is 45.4 Å². The first-order valence-electron chi connectivity index (χ1n) is 7.70. The lowest BCUT2D eigenvalue weighted by Gasteiger charge is -2.48. The molecule has 0 radical (unpaired) electrons. The molecule has 0 spiro atoms. The van der Waals surface area contributed by atoms with Crippen LogP contribution in [-0.4, -0.2) is 86.1 Å².